The van der Waals surface area contributed by atoms with Crippen molar-refractivity contribution in [1.29, 1.82) is 0 Å². The van der Waals surface area contributed by atoms with Gasteiger partial charge in [0.05, 0.1) is 17.8 Å². The van der Waals surface area contributed by atoms with Gasteiger partial charge in [0.25, 0.3) is 0 Å². The number of para-hydroxylation sites is 1. The van der Waals surface area contributed by atoms with Crippen molar-refractivity contribution in [1.82, 2.24) is 9.78 Å². The molecule has 2 heterocycles. The van der Waals surface area contributed by atoms with Crippen molar-refractivity contribution in [3.8, 4) is 16.8 Å². The zero-order valence-electron chi connectivity index (χ0n) is 17.3. The average Bonchev–Trinajstić information content (AvgIpc) is 3.38. The van der Waals surface area contributed by atoms with Crippen molar-refractivity contribution in [2.24, 2.45) is 0 Å². The van der Waals surface area contributed by atoms with Crippen LogP contribution in [0.25, 0.3) is 16.8 Å². The number of carbonyl (C=O) groups excluding carboxylic acids is 1. The number of carbonyl (C=O) groups is 1. The Kier molecular flexibility index (Phi) is 5.35. The number of hydrogen-bond acceptors (Lipinski definition) is 3. The Balaban J connectivity index is 1.37. The van der Waals surface area contributed by atoms with Gasteiger partial charge in [0, 0.05) is 17.1 Å². The summed E-state index contributed by atoms with van der Waals surface area (Å²) in [6.07, 6.45) is 0.329. The van der Waals surface area contributed by atoms with E-state index in [2.05, 4.69) is 42.6 Å². The number of anilines is 1. The highest BCUT2D eigenvalue weighted by Gasteiger charge is 2.25. The summed E-state index contributed by atoms with van der Waals surface area (Å²) in [5.74, 6) is 2.54. The number of benzene rings is 3. The topological polar surface area (TPSA) is 46.9 Å². The minimum absolute atomic E-state index is 0.0260. The fraction of sp³-hybridized carbons (Fsp3) is 0.154. The number of aromatic nitrogens is 2. The maximum atomic E-state index is 12.9. The quantitative estimate of drug-likeness (QED) is 0.441. The molecule has 0 bridgehead atoms. The van der Waals surface area contributed by atoms with Gasteiger partial charge in [0.15, 0.2) is 0 Å². The third kappa shape index (κ3) is 4.01. The van der Waals surface area contributed by atoms with Gasteiger partial charge in [-0.1, -0.05) is 72.8 Å². The number of rotatable bonds is 5. The van der Waals surface area contributed by atoms with Gasteiger partial charge >= 0.3 is 0 Å². The first kappa shape index (κ1) is 19.6. The number of aryl methyl sites for hydroxylation is 1. The molecule has 0 aliphatic carbocycles. The number of thioether (sulfide) groups is 1. The van der Waals surface area contributed by atoms with Crippen molar-refractivity contribution in [2.45, 2.75) is 24.9 Å². The van der Waals surface area contributed by atoms with E-state index in [9.17, 15) is 4.79 Å². The Bertz CT molecular complexity index is 1230. The summed E-state index contributed by atoms with van der Waals surface area (Å²) < 4.78 is 1.90. The van der Waals surface area contributed by atoms with Crippen molar-refractivity contribution in [3.05, 3.63) is 101 Å². The molecular formula is C26H23N3OS. The lowest BCUT2D eigenvalue weighted by Crippen LogP contribution is -2.18. The van der Waals surface area contributed by atoms with Crippen LogP contribution < -0.4 is 5.32 Å². The summed E-state index contributed by atoms with van der Waals surface area (Å²) in [5.41, 5.74) is 7.65. The van der Waals surface area contributed by atoms with Crippen LogP contribution in [-0.2, 0) is 22.7 Å². The van der Waals surface area contributed by atoms with Crippen LogP contribution >= 0.6 is 11.8 Å². The van der Waals surface area contributed by atoms with Gasteiger partial charge in [-0.05, 0) is 35.2 Å². The first-order valence-corrected chi connectivity index (χ1v) is 11.5. The van der Waals surface area contributed by atoms with Gasteiger partial charge in [-0.2, -0.15) is 16.9 Å². The molecule has 1 N–H and O–H groups in total. The number of fused-ring (bicyclic) bond motifs is 1. The fourth-order valence-corrected chi connectivity index (χ4v) is 4.96. The zero-order valence-corrected chi connectivity index (χ0v) is 18.2. The van der Waals surface area contributed by atoms with Crippen LogP contribution in [-0.4, -0.2) is 15.7 Å². The van der Waals surface area contributed by atoms with Crippen LogP contribution in [0, 0.1) is 6.92 Å². The van der Waals surface area contributed by atoms with Gasteiger partial charge in [0.1, 0.15) is 5.82 Å². The first-order valence-electron chi connectivity index (χ1n) is 10.4. The second kappa shape index (κ2) is 8.44. The number of amides is 1. The van der Waals surface area contributed by atoms with E-state index >= 15 is 0 Å². The summed E-state index contributed by atoms with van der Waals surface area (Å²) in [5, 5.41) is 7.97. The highest BCUT2D eigenvalue weighted by atomic mass is 32.2. The van der Waals surface area contributed by atoms with E-state index in [0.29, 0.717) is 6.42 Å². The van der Waals surface area contributed by atoms with Gasteiger partial charge < -0.3 is 5.32 Å². The molecule has 5 heteroatoms. The summed E-state index contributed by atoms with van der Waals surface area (Å²) in [6.45, 7) is 2.07. The molecule has 4 aromatic rings. The zero-order chi connectivity index (χ0) is 21.2. The lowest BCUT2D eigenvalue weighted by Gasteiger charge is -2.13. The van der Waals surface area contributed by atoms with Gasteiger partial charge in [-0.25, -0.2) is 4.68 Å². The number of hydrogen-bond donors (Lipinski definition) is 1. The van der Waals surface area contributed by atoms with Crippen LogP contribution in [0.5, 0.6) is 0 Å². The lowest BCUT2D eigenvalue weighted by molar-refractivity contribution is -0.115. The standard InChI is InChI=1S/C26H23N3OS/c1-18-7-5-6-10-24(18)29-26(22-16-31-17-23(22)28-29)27-25(30)15-19-11-13-21(14-12-19)20-8-3-2-4-9-20/h2-14H,15-17H2,1H3,(H,27,30). The first-order chi connectivity index (χ1) is 15.2. The normalized spacial score (nSPS) is 12.5. The maximum Gasteiger partial charge on any atom is 0.229 e. The Labute approximate surface area is 186 Å². The molecule has 0 unspecified atom stereocenters. The van der Waals surface area contributed by atoms with E-state index in [4.69, 9.17) is 5.10 Å². The second-order valence-corrected chi connectivity index (χ2v) is 8.74. The molecule has 154 valence electrons. The summed E-state index contributed by atoms with van der Waals surface area (Å²) in [4.78, 5) is 12.9. The molecule has 0 atom stereocenters. The lowest BCUT2D eigenvalue weighted by atomic mass is 10.0. The molecule has 5 rings (SSSR count). The van der Waals surface area contributed by atoms with E-state index in [1.807, 2.05) is 65.0 Å². The van der Waals surface area contributed by atoms with Crippen LogP contribution in [0.4, 0.5) is 5.82 Å². The van der Waals surface area contributed by atoms with Crippen molar-refractivity contribution in [2.75, 3.05) is 5.32 Å². The summed E-state index contributed by atoms with van der Waals surface area (Å²) in [6, 6.07) is 26.6. The largest absolute Gasteiger partial charge is 0.310 e. The Morgan fingerprint density at radius 3 is 2.42 bits per heavy atom. The van der Waals surface area contributed by atoms with E-state index in [1.54, 1.807) is 0 Å². The van der Waals surface area contributed by atoms with E-state index in [1.165, 1.54) is 5.56 Å². The smallest absolute Gasteiger partial charge is 0.229 e. The second-order valence-electron chi connectivity index (χ2n) is 7.75. The molecule has 1 aliphatic rings. The third-order valence-corrected chi connectivity index (χ3v) is 6.55. The average molecular weight is 426 g/mol. The van der Waals surface area contributed by atoms with E-state index in [-0.39, 0.29) is 5.91 Å². The van der Waals surface area contributed by atoms with Crippen LogP contribution in [0.2, 0.25) is 0 Å². The molecule has 0 saturated carbocycles. The molecule has 0 fully saturated rings. The van der Waals surface area contributed by atoms with Crippen molar-refractivity contribution >= 4 is 23.5 Å². The van der Waals surface area contributed by atoms with Crippen LogP contribution in [0.1, 0.15) is 22.4 Å². The third-order valence-electron chi connectivity index (χ3n) is 5.58. The number of nitrogens with one attached hydrogen (secondary N) is 1. The van der Waals surface area contributed by atoms with Gasteiger partial charge in [-0.3, -0.25) is 4.79 Å². The van der Waals surface area contributed by atoms with Crippen LogP contribution in [0.3, 0.4) is 0 Å². The Morgan fingerprint density at radius 1 is 0.935 bits per heavy atom. The summed E-state index contributed by atoms with van der Waals surface area (Å²) >= 11 is 1.84. The molecule has 0 radical (unpaired) electrons. The molecule has 1 aromatic heterocycles. The van der Waals surface area contributed by atoms with E-state index in [0.717, 1.165) is 51.0 Å². The van der Waals surface area contributed by atoms with Crippen LogP contribution in [0.15, 0.2) is 78.9 Å². The predicted octanol–water partition coefficient (Wildman–Crippen LogP) is 5.78. The van der Waals surface area contributed by atoms with Crippen molar-refractivity contribution in [3.63, 3.8) is 0 Å². The number of nitrogens with zero attached hydrogens (tertiary/aromatic N) is 2. The fourth-order valence-electron chi connectivity index (χ4n) is 3.92. The molecule has 0 spiro atoms. The minimum Gasteiger partial charge on any atom is -0.310 e. The highest BCUT2D eigenvalue weighted by Crippen LogP contribution is 2.36. The van der Waals surface area contributed by atoms with Gasteiger partial charge in [0.2, 0.25) is 5.91 Å². The summed E-state index contributed by atoms with van der Waals surface area (Å²) in [7, 11) is 0. The predicted molar refractivity (Wildman–Crippen MR) is 128 cm³/mol. The maximum absolute atomic E-state index is 12.9. The van der Waals surface area contributed by atoms with E-state index < -0.39 is 0 Å². The van der Waals surface area contributed by atoms with Gasteiger partial charge in [-0.15, -0.1) is 0 Å². The molecule has 3 aromatic carbocycles. The minimum atomic E-state index is -0.0260. The molecule has 0 saturated heterocycles. The Morgan fingerprint density at radius 2 is 1.65 bits per heavy atom. The molecule has 4 nitrogen and oxygen atoms in total. The highest BCUT2D eigenvalue weighted by molar-refractivity contribution is 7.98. The molecular weight excluding hydrogens is 402 g/mol. The molecule has 1 amide bonds. The monoisotopic (exact) mass is 425 g/mol. The van der Waals surface area contributed by atoms with Crippen molar-refractivity contribution < 1.29 is 4.79 Å². The SMILES string of the molecule is Cc1ccccc1-n1nc2c(c1NC(=O)Cc1ccc(-c3ccccc3)cc1)CSC2. The molecule has 1 aliphatic heterocycles. The Hall–Kier alpha value is -3.31. The molecule has 31 heavy (non-hydrogen) atoms.